The third-order valence-corrected chi connectivity index (χ3v) is 4.43. The molecule has 2 aliphatic heterocycles. The van der Waals surface area contributed by atoms with Crippen molar-refractivity contribution in [3.8, 4) is 11.5 Å². The molecule has 5 heteroatoms. The maximum atomic E-state index is 12.3. The van der Waals surface area contributed by atoms with Crippen LogP contribution in [-0.2, 0) is 11.2 Å². The third-order valence-electron chi connectivity index (χ3n) is 4.43. The average Bonchev–Trinajstić information content (AvgIpc) is 2.55. The number of benzene rings is 1. The van der Waals surface area contributed by atoms with Crippen LogP contribution in [0.25, 0.3) is 0 Å². The Hall–Kier alpha value is -1.75. The lowest BCUT2D eigenvalue weighted by molar-refractivity contribution is -0.127. The number of nitrogens with one attached hydrogen (secondary N) is 2. The molecule has 120 valence electrons. The Morgan fingerprint density at radius 1 is 1.27 bits per heavy atom. The van der Waals surface area contributed by atoms with Gasteiger partial charge in [0.15, 0.2) is 11.5 Å². The van der Waals surface area contributed by atoms with E-state index in [1.54, 1.807) is 0 Å². The molecule has 5 nitrogen and oxygen atoms in total. The summed E-state index contributed by atoms with van der Waals surface area (Å²) < 4.78 is 11.1. The first kappa shape index (κ1) is 15.2. The number of ether oxygens (including phenoxy) is 2. The van der Waals surface area contributed by atoms with Gasteiger partial charge in [0.05, 0.1) is 5.54 Å². The van der Waals surface area contributed by atoms with Crippen LogP contribution >= 0.6 is 0 Å². The molecule has 2 N–H and O–H groups in total. The van der Waals surface area contributed by atoms with Crippen molar-refractivity contribution in [1.82, 2.24) is 10.6 Å². The van der Waals surface area contributed by atoms with Crippen LogP contribution in [-0.4, -0.2) is 37.7 Å². The number of rotatable bonds is 4. The Labute approximate surface area is 131 Å². The van der Waals surface area contributed by atoms with Crippen molar-refractivity contribution in [1.29, 1.82) is 0 Å². The van der Waals surface area contributed by atoms with Crippen LogP contribution in [0.15, 0.2) is 18.2 Å². The smallest absolute Gasteiger partial charge is 0.240 e. The zero-order chi connectivity index (χ0) is 15.4. The molecule has 2 aliphatic rings. The van der Waals surface area contributed by atoms with Gasteiger partial charge in [0, 0.05) is 6.54 Å². The van der Waals surface area contributed by atoms with Gasteiger partial charge in [0.25, 0.3) is 0 Å². The summed E-state index contributed by atoms with van der Waals surface area (Å²) in [4.78, 5) is 12.3. The predicted molar refractivity (Wildman–Crippen MR) is 84.4 cm³/mol. The largest absolute Gasteiger partial charge is 0.486 e. The monoisotopic (exact) mass is 304 g/mol. The fourth-order valence-electron chi connectivity index (χ4n) is 3.01. The predicted octanol–water partition coefficient (Wildman–Crippen LogP) is 1.65. The second-order valence-electron chi connectivity index (χ2n) is 6.20. The summed E-state index contributed by atoms with van der Waals surface area (Å²) in [5.41, 5.74) is 0.733. The highest BCUT2D eigenvalue weighted by molar-refractivity contribution is 5.85. The Kier molecular flexibility index (Phi) is 4.52. The highest BCUT2D eigenvalue weighted by Crippen LogP contribution is 2.30. The van der Waals surface area contributed by atoms with E-state index in [0.29, 0.717) is 19.8 Å². The first-order valence-corrected chi connectivity index (χ1v) is 8.09. The van der Waals surface area contributed by atoms with Crippen molar-refractivity contribution in [3.05, 3.63) is 23.8 Å². The molecule has 3 rings (SSSR count). The lowest BCUT2D eigenvalue weighted by Gasteiger charge is -2.33. The van der Waals surface area contributed by atoms with Gasteiger partial charge >= 0.3 is 0 Å². The van der Waals surface area contributed by atoms with Crippen LogP contribution in [0.3, 0.4) is 0 Å². The molecule has 22 heavy (non-hydrogen) atoms. The first-order chi connectivity index (χ1) is 10.7. The van der Waals surface area contributed by atoms with E-state index >= 15 is 0 Å². The molecule has 1 amide bonds. The van der Waals surface area contributed by atoms with Crippen molar-refractivity contribution in [3.63, 3.8) is 0 Å². The minimum atomic E-state index is -0.412. The van der Waals surface area contributed by atoms with Gasteiger partial charge < -0.3 is 20.1 Å². The summed E-state index contributed by atoms with van der Waals surface area (Å²) >= 11 is 0. The van der Waals surface area contributed by atoms with Gasteiger partial charge in [-0.05, 0) is 56.8 Å². The SMILES string of the molecule is CC1(C(=O)NCCc2ccc3c(c2)OCCO3)CCCCN1. The van der Waals surface area contributed by atoms with Crippen molar-refractivity contribution in [2.45, 2.75) is 38.1 Å². The van der Waals surface area contributed by atoms with Crippen LogP contribution in [0.2, 0.25) is 0 Å². The van der Waals surface area contributed by atoms with Crippen molar-refractivity contribution in [2.75, 3.05) is 26.3 Å². The summed E-state index contributed by atoms with van der Waals surface area (Å²) in [6.07, 6.45) is 3.96. The molecular weight excluding hydrogens is 280 g/mol. The number of hydrogen-bond acceptors (Lipinski definition) is 4. The van der Waals surface area contributed by atoms with Gasteiger partial charge in [0.2, 0.25) is 5.91 Å². The molecule has 2 heterocycles. The molecule has 1 unspecified atom stereocenters. The van der Waals surface area contributed by atoms with Crippen molar-refractivity contribution >= 4 is 5.91 Å². The topological polar surface area (TPSA) is 59.6 Å². The van der Waals surface area contributed by atoms with E-state index in [4.69, 9.17) is 9.47 Å². The minimum absolute atomic E-state index is 0.102. The molecule has 0 radical (unpaired) electrons. The number of hydrogen-bond donors (Lipinski definition) is 2. The zero-order valence-electron chi connectivity index (χ0n) is 13.1. The standard InChI is InChI=1S/C17H24N2O3/c1-17(7-2-3-8-19-17)16(20)18-9-6-13-4-5-14-15(12-13)22-11-10-21-14/h4-5,12,19H,2-3,6-11H2,1H3,(H,18,20). The van der Waals surface area contributed by atoms with Crippen LogP contribution in [0.1, 0.15) is 31.7 Å². The van der Waals surface area contributed by atoms with Gasteiger partial charge in [-0.15, -0.1) is 0 Å². The quantitative estimate of drug-likeness (QED) is 0.888. The van der Waals surface area contributed by atoms with Gasteiger partial charge in [-0.3, -0.25) is 4.79 Å². The molecule has 0 aromatic heterocycles. The molecular formula is C17H24N2O3. The van der Waals surface area contributed by atoms with Gasteiger partial charge in [-0.25, -0.2) is 0 Å². The van der Waals surface area contributed by atoms with Crippen LogP contribution in [0, 0.1) is 0 Å². The minimum Gasteiger partial charge on any atom is -0.486 e. The highest BCUT2D eigenvalue weighted by Gasteiger charge is 2.33. The van der Waals surface area contributed by atoms with Crippen LogP contribution in [0.5, 0.6) is 11.5 Å². The summed E-state index contributed by atoms with van der Waals surface area (Å²) in [7, 11) is 0. The van der Waals surface area contributed by atoms with E-state index in [9.17, 15) is 4.79 Å². The molecule has 0 aliphatic carbocycles. The number of amides is 1. The van der Waals surface area contributed by atoms with Crippen molar-refractivity contribution in [2.24, 2.45) is 0 Å². The second kappa shape index (κ2) is 6.57. The summed E-state index contributed by atoms with van der Waals surface area (Å²) in [6, 6.07) is 5.97. The molecule has 0 saturated carbocycles. The highest BCUT2D eigenvalue weighted by atomic mass is 16.6. The lowest BCUT2D eigenvalue weighted by atomic mass is 9.90. The van der Waals surface area contributed by atoms with Gasteiger partial charge in [0.1, 0.15) is 13.2 Å². The second-order valence-corrected chi connectivity index (χ2v) is 6.20. The number of piperidine rings is 1. The average molecular weight is 304 g/mol. The van der Waals surface area contributed by atoms with Gasteiger partial charge in [-0.1, -0.05) is 6.07 Å². The fraction of sp³-hybridized carbons (Fsp3) is 0.588. The Balaban J connectivity index is 1.51. The third kappa shape index (κ3) is 3.35. The Morgan fingerprint density at radius 2 is 2.09 bits per heavy atom. The number of carbonyl (C=O) groups is 1. The molecule has 1 saturated heterocycles. The van der Waals surface area contributed by atoms with E-state index < -0.39 is 5.54 Å². The molecule has 1 atom stereocenters. The molecule has 0 spiro atoms. The molecule has 1 aromatic carbocycles. The molecule has 0 bridgehead atoms. The molecule has 1 fully saturated rings. The van der Waals surface area contributed by atoms with Crippen molar-refractivity contribution < 1.29 is 14.3 Å². The number of carbonyl (C=O) groups excluding carboxylic acids is 1. The Morgan fingerprint density at radius 3 is 2.86 bits per heavy atom. The van der Waals surface area contributed by atoms with E-state index in [1.165, 1.54) is 0 Å². The van der Waals surface area contributed by atoms with Gasteiger partial charge in [-0.2, -0.15) is 0 Å². The lowest BCUT2D eigenvalue weighted by Crippen LogP contribution is -2.57. The van der Waals surface area contributed by atoms with Crippen LogP contribution < -0.4 is 20.1 Å². The number of fused-ring (bicyclic) bond motifs is 1. The first-order valence-electron chi connectivity index (χ1n) is 8.09. The molecule has 1 aromatic rings. The maximum Gasteiger partial charge on any atom is 0.240 e. The van der Waals surface area contributed by atoms with E-state index in [0.717, 1.165) is 49.3 Å². The summed E-state index contributed by atoms with van der Waals surface area (Å²) in [5.74, 6) is 1.71. The van der Waals surface area contributed by atoms with E-state index in [-0.39, 0.29) is 5.91 Å². The maximum absolute atomic E-state index is 12.3. The zero-order valence-corrected chi connectivity index (χ0v) is 13.1. The summed E-state index contributed by atoms with van der Waals surface area (Å²) in [5, 5.41) is 6.38. The van der Waals surface area contributed by atoms with E-state index in [2.05, 4.69) is 10.6 Å². The van der Waals surface area contributed by atoms with Crippen LogP contribution in [0.4, 0.5) is 0 Å². The summed E-state index contributed by atoms with van der Waals surface area (Å²) in [6.45, 7) is 4.75. The normalized spacial score (nSPS) is 23.9. The Bertz CT molecular complexity index is 539. The van der Waals surface area contributed by atoms with E-state index in [1.807, 2.05) is 25.1 Å². The fourth-order valence-corrected chi connectivity index (χ4v) is 3.01.